The van der Waals surface area contributed by atoms with E-state index in [0.717, 1.165) is 42.3 Å². The number of hydrogen-bond donors (Lipinski definition) is 2. The molecule has 0 atom stereocenters. The highest BCUT2D eigenvalue weighted by Gasteiger charge is 2.18. The number of fused-ring (bicyclic) bond motifs is 1. The molecule has 1 amide bonds. The van der Waals surface area contributed by atoms with Gasteiger partial charge in [-0.2, -0.15) is 5.10 Å². The van der Waals surface area contributed by atoms with Crippen LogP contribution in [0.15, 0.2) is 60.8 Å². The number of halogens is 1. The molecule has 1 fully saturated rings. The molecule has 1 saturated heterocycles. The van der Waals surface area contributed by atoms with Gasteiger partial charge in [0.15, 0.2) is 0 Å². The Balaban J connectivity index is 1.37. The second-order valence-electron chi connectivity index (χ2n) is 8.19. The first-order chi connectivity index (χ1) is 16.0. The predicted octanol–water partition coefficient (Wildman–Crippen LogP) is 4.54. The number of aryl methyl sites for hydroxylation is 1. The molecule has 5 rings (SSSR count). The van der Waals surface area contributed by atoms with Crippen LogP contribution in [-0.4, -0.2) is 44.5 Å². The average Bonchev–Trinajstić information content (AvgIpc) is 3.49. The topological polar surface area (TPSA) is 86.9 Å². The summed E-state index contributed by atoms with van der Waals surface area (Å²) in [7, 11) is 0. The molecule has 0 bridgehead atoms. The summed E-state index contributed by atoms with van der Waals surface area (Å²) in [6.45, 7) is 3.61. The average molecular weight is 442 g/mol. The molecule has 4 aromatic rings. The van der Waals surface area contributed by atoms with Crippen molar-refractivity contribution in [2.75, 3.05) is 18.4 Å². The summed E-state index contributed by atoms with van der Waals surface area (Å²) in [5, 5.41) is 17.3. The number of nitrogens with one attached hydrogen (secondary N) is 2. The lowest BCUT2D eigenvalue weighted by molar-refractivity contribution is 0.101. The van der Waals surface area contributed by atoms with Crippen LogP contribution in [0, 0.1) is 18.2 Å². The number of carbonyl (C=O) groups excluding carboxylic acids is 1. The zero-order valence-corrected chi connectivity index (χ0v) is 18.2. The minimum Gasteiger partial charge on any atom is -0.357 e. The highest BCUT2D eigenvalue weighted by molar-refractivity contribution is 6.03. The minimum absolute atomic E-state index is 0.292. The van der Waals surface area contributed by atoms with Crippen molar-refractivity contribution in [3.05, 3.63) is 83.6 Å². The highest BCUT2D eigenvalue weighted by Crippen LogP contribution is 2.22. The smallest absolute Gasteiger partial charge is 0.275 e. The Bertz CT molecular complexity index is 1360. The first kappa shape index (κ1) is 20.8. The van der Waals surface area contributed by atoms with Crippen molar-refractivity contribution in [1.29, 1.82) is 5.41 Å². The number of carbonyl (C=O) groups is 1. The van der Waals surface area contributed by atoms with Crippen LogP contribution < -0.4 is 5.32 Å². The first-order valence-electron chi connectivity index (χ1n) is 10.9. The fraction of sp³-hybridized carbons (Fsp3) is 0.200. The minimum atomic E-state index is -0.343. The van der Waals surface area contributed by atoms with Gasteiger partial charge in [0.1, 0.15) is 23.2 Å². The number of anilines is 1. The van der Waals surface area contributed by atoms with Crippen LogP contribution in [0.2, 0.25) is 0 Å². The zero-order chi connectivity index (χ0) is 22.9. The van der Waals surface area contributed by atoms with Crippen LogP contribution >= 0.6 is 0 Å². The van der Waals surface area contributed by atoms with Crippen molar-refractivity contribution in [1.82, 2.24) is 19.7 Å². The number of pyridine rings is 1. The molecule has 0 saturated carbocycles. The van der Waals surface area contributed by atoms with E-state index in [1.807, 2.05) is 30.0 Å². The summed E-state index contributed by atoms with van der Waals surface area (Å²) in [5.74, 6) is 0.226. The number of nitrogens with zero attached hydrogens (tertiary/aromatic N) is 4. The summed E-state index contributed by atoms with van der Waals surface area (Å²) in [5.41, 5.74) is 2.49. The Hall–Kier alpha value is -4.07. The molecular weight excluding hydrogens is 419 g/mol. The number of benzene rings is 2. The normalized spacial score (nSPS) is 13.5. The molecule has 1 aliphatic heterocycles. The fourth-order valence-electron chi connectivity index (χ4n) is 4.11. The van der Waals surface area contributed by atoms with E-state index in [1.165, 1.54) is 12.1 Å². The van der Waals surface area contributed by atoms with Gasteiger partial charge in [0.25, 0.3) is 5.91 Å². The number of likely N-dealkylation sites (tertiary alicyclic amines) is 1. The third-order valence-corrected chi connectivity index (χ3v) is 5.80. The molecular formula is C25H23FN6O. The van der Waals surface area contributed by atoms with Crippen LogP contribution in [0.4, 0.5) is 10.2 Å². The number of amides is 1. The second-order valence-corrected chi connectivity index (χ2v) is 8.19. The first-order valence-corrected chi connectivity index (χ1v) is 10.9. The van der Waals surface area contributed by atoms with Crippen molar-refractivity contribution < 1.29 is 9.18 Å². The standard InChI is InChI=1S/C25H23FN6O/c1-16-12-22(32(30-16)21-8-5-17-13-20(26)7-4-18(17)14-21)25(33)29-23-9-6-19(15-28-23)24(27)31-10-2-3-11-31/h4-9,12-15,27H,2-3,10-11H2,1H3,(H,28,29,33). The van der Waals surface area contributed by atoms with Gasteiger partial charge in [-0.05, 0) is 73.0 Å². The van der Waals surface area contributed by atoms with E-state index in [2.05, 4.69) is 15.4 Å². The Kier molecular flexibility index (Phi) is 5.34. The van der Waals surface area contributed by atoms with Gasteiger partial charge >= 0.3 is 0 Å². The Labute approximate surface area is 190 Å². The van der Waals surface area contributed by atoms with Crippen LogP contribution in [-0.2, 0) is 0 Å². The molecule has 1 aliphatic rings. The number of hydrogen-bond acceptors (Lipinski definition) is 4. The summed E-state index contributed by atoms with van der Waals surface area (Å²) in [4.78, 5) is 19.4. The molecule has 166 valence electrons. The fourth-order valence-corrected chi connectivity index (χ4v) is 4.11. The molecule has 3 heterocycles. The lowest BCUT2D eigenvalue weighted by atomic mass is 10.1. The molecule has 0 unspecified atom stereocenters. The lowest BCUT2D eigenvalue weighted by Gasteiger charge is -2.18. The van der Waals surface area contributed by atoms with Crippen LogP contribution in [0.1, 0.15) is 34.6 Å². The van der Waals surface area contributed by atoms with E-state index in [-0.39, 0.29) is 11.7 Å². The Morgan fingerprint density at radius 1 is 1.03 bits per heavy atom. The van der Waals surface area contributed by atoms with Gasteiger partial charge in [-0.25, -0.2) is 14.1 Å². The van der Waals surface area contributed by atoms with E-state index in [9.17, 15) is 9.18 Å². The molecule has 0 aliphatic carbocycles. The number of amidine groups is 1. The SMILES string of the molecule is Cc1cc(C(=O)Nc2ccc(C(=N)N3CCCC3)cn2)n(-c2ccc3cc(F)ccc3c2)n1. The quantitative estimate of drug-likeness (QED) is 0.359. The molecule has 7 nitrogen and oxygen atoms in total. The van der Waals surface area contributed by atoms with Crippen molar-refractivity contribution in [2.24, 2.45) is 0 Å². The van der Waals surface area contributed by atoms with Crippen LogP contribution in [0.25, 0.3) is 16.5 Å². The molecule has 0 radical (unpaired) electrons. The highest BCUT2D eigenvalue weighted by atomic mass is 19.1. The van der Waals surface area contributed by atoms with Crippen molar-refractivity contribution >= 4 is 28.3 Å². The third-order valence-electron chi connectivity index (χ3n) is 5.80. The maximum absolute atomic E-state index is 13.5. The number of rotatable bonds is 4. The zero-order valence-electron chi connectivity index (χ0n) is 18.2. The molecule has 0 spiro atoms. The molecule has 8 heteroatoms. The third kappa shape index (κ3) is 4.19. The van der Waals surface area contributed by atoms with Gasteiger partial charge < -0.3 is 10.2 Å². The predicted molar refractivity (Wildman–Crippen MR) is 126 cm³/mol. The van der Waals surface area contributed by atoms with Crippen molar-refractivity contribution in [2.45, 2.75) is 19.8 Å². The monoisotopic (exact) mass is 442 g/mol. The molecule has 2 aromatic carbocycles. The summed E-state index contributed by atoms with van der Waals surface area (Å²) >= 11 is 0. The Morgan fingerprint density at radius 2 is 1.79 bits per heavy atom. The Morgan fingerprint density at radius 3 is 2.55 bits per heavy atom. The van der Waals surface area contributed by atoms with Gasteiger partial charge in [-0.3, -0.25) is 10.2 Å². The lowest BCUT2D eigenvalue weighted by Crippen LogP contribution is -2.27. The van der Waals surface area contributed by atoms with E-state index in [1.54, 1.807) is 35.1 Å². The molecule has 33 heavy (non-hydrogen) atoms. The van der Waals surface area contributed by atoms with Crippen molar-refractivity contribution in [3.8, 4) is 5.69 Å². The van der Waals surface area contributed by atoms with E-state index >= 15 is 0 Å². The van der Waals surface area contributed by atoms with E-state index in [0.29, 0.717) is 28.7 Å². The van der Waals surface area contributed by atoms with E-state index < -0.39 is 0 Å². The summed E-state index contributed by atoms with van der Waals surface area (Å²) in [6.07, 6.45) is 3.82. The maximum Gasteiger partial charge on any atom is 0.275 e. The van der Waals surface area contributed by atoms with Crippen LogP contribution in [0.3, 0.4) is 0 Å². The van der Waals surface area contributed by atoms with Gasteiger partial charge in [-0.1, -0.05) is 12.1 Å². The van der Waals surface area contributed by atoms with Gasteiger partial charge in [-0.15, -0.1) is 0 Å². The van der Waals surface area contributed by atoms with Gasteiger partial charge in [0.2, 0.25) is 0 Å². The van der Waals surface area contributed by atoms with E-state index in [4.69, 9.17) is 5.41 Å². The summed E-state index contributed by atoms with van der Waals surface area (Å²) in [6, 6.07) is 15.3. The largest absolute Gasteiger partial charge is 0.357 e. The van der Waals surface area contributed by atoms with Crippen LogP contribution in [0.5, 0.6) is 0 Å². The second kappa shape index (κ2) is 8.46. The maximum atomic E-state index is 13.5. The number of aromatic nitrogens is 3. The molecule has 2 N–H and O–H groups in total. The summed E-state index contributed by atoms with van der Waals surface area (Å²) < 4.78 is 15.1. The van der Waals surface area contributed by atoms with Gasteiger partial charge in [0, 0.05) is 24.8 Å². The molecule has 2 aromatic heterocycles. The van der Waals surface area contributed by atoms with Gasteiger partial charge in [0.05, 0.1) is 11.4 Å². The van der Waals surface area contributed by atoms with Crippen molar-refractivity contribution in [3.63, 3.8) is 0 Å².